The van der Waals surface area contributed by atoms with Gasteiger partial charge in [0, 0.05) is 0 Å². The van der Waals surface area contributed by atoms with Crippen molar-refractivity contribution >= 4 is 16.6 Å². The third kappa shape index (κ3) is 2.19. The summed E-state index contributed by atoms with van der Waals surface area (Å²) in [6, 6.07) is 3.69. The van der Waals surface area contributed by atoms with Crippen LogP contribution in [0.15, 0.2) is 0 Å². The van der Waals surface area contributed by atoms with E-state index in [9.17, 15) is 9.59 Å². The van der Waals surface area contributed by atoms with E-state index < -0.39 is 16.6 Å². The summed E-state index contributed by atoms with van der Waals surface area (Å²) < 4.78 is 0. The van der Waals surface area contributed by atoms with Crippen LogP contribution in [-0.2, 0) is 0 Å². The van der Waals surface area contributed by atoms with Crippen LogP contribution in [0.1, 0.15) is 0 Å². The second-order valence-corrected chi connectivity index (χ2v) is 12.0. The molecule has 2 nitrogen and oxygen atoms in total. The van der Waals surface area contributed by atoms with Crippen molar-refractivity contribution in [3.8, 4) is 0 Å². The molecule has 1 saturated heterocycles. The van der Waals surface area contributed by atoms with Crippen LogP contribution in [0.3, 0.4) is 0 Å². The van der Waals surface area contributed by atoms with Crippen molar-refractivity contribution in [1.29, 1.82) is 0 Å². The summed E-state index contributed by atoms with van der Waals surface area (Å²) in [4.78, 5) is 19.3. The number of hydrogen-bond donors (Lipinski definition) is 2. The first-order valence-electron chi connectivity index (χ1n) is 3.86. The van der Waals surface area contributed by atoms with E-state index in [1.807, 2.05) is 13.1 Å². The van der Waals surface area contributed by atoms with Gasteiger partial charge in [-0.05, 0) is 37.3 Å². The number of hydrogen-bond acceptors (Lipinski definition) is 2. The molecule has 0 aromatic heterocycles. The Labute approximate surface area is 64.2 Å². The van der Waals surface area contributed by atoms with Gasteiger partial charge in [-0.1, -0.05) is 0 Å². The Balaban J connectivity index is 2.46. The van der Waals surface area contributed by atoms with E-state index in [-0.39, 0.29) is 0 Å². The van der Waals surface area contributed by atoms with E-state index in [2.05, 4.69) is 0 Å². The van der Waals surface area contributed by atoms with E-state index in [1.165, 1.54) is 0 Å². The third-order valence-electron chi connectivity index (χ3n) is 2.40. The Kier molecular flexibility index (Phi) is 2.06. The van der Waals surface area contributed by atoms with Crippen LogP contribution in [0.2, 0.25) is 37.3 Å². The molecule has 0 aromatic rings. The highest BCUT2D eigenvalue weighted by Crippen LogP contribution is 2.31. The van der Waals surface area contributed by atoms with E-state index >= 15 is 0 Å². The summed E-state index contributed by atoms with van der Waals surface area (Å²) >= 11 is 0. The van der Waals surface area contributed by atoms with Crippen molar-refractivity contribution in [3.05, 3.63) is 0 Å². The fraction of sp³-hybridized carbons (Fsp3) is 1.00. The second kappa shape index (κ2) is 2.44. The molecule has 1 heterocycles. The SMILES string of the molecule is C[Si]1(O)CC[Si](C)(O)CC1. The van der Waals surface area contributed by atoms with Gasteiger partial charge in [-0.25, -0.2) is 0 Å². The van der Waals surface area contributed by atoms with Gasteiger partial charge in [-0.15, -0.1) is 0 Å². The molecule has 1 rings (SSSR count). The van der Waals surface area contributed by atoms with Crippen LogP contribution in [0.4, 0.5) is 0 Å². The fourth-order valence-electron chi connectivity index (χ4n) is 1.33. The van der Waals surface area contributed by atoms with Crippen molar-refractivity contribution in [2.75, 3.05) is 0 Å². The maximum atomic E-state index is 9.66. The van der Waals surface area contributed by atoms with Crippen LogP contribution in [0, 0.1) is 0 Å². The Morgan fingerprint density at radius 2 is 1.00 bits per heavy atom. The summed E-state index contributed by atoms with van der Waals surface area (Å²) in [5.74, 6) is 0. The highest BCUT2D eigenvalue weighted by Gasteiger charge is 2.38. The molecule has 0 aromatic carbocycles. The second-order valence-electron chi connectivity index (χ2n) is 3.99. The normalized spacial score (nSPS) is 49.2. The largest absolute Gasteiger partial charge is 0.432 e. The first kappa shape index (κ1) is 8.45. The van der Waals surface area contributed by atoms with Crippen LogP contribution in [0.25, 0.3) is 0 Å². The molecule has 2 N–H and O–H groups in total. The maximum absolute atomic E-state index is 9.66. The lowest BCUT2D eigenvalue weighted by Crippen LogP contribution is -2.43. The van der Waals surface area contributed by atoms with E-state index in [0.717, 1.165) is 24.2 Å². The van der Waals surface area contributed by atoms with Gasteiger partial charge in [0.1, 0.15) is 0 Å². The minimum atomic E-state index is -1.80. The van der Waals surface area contributed by atoms with Crippen molar-refractivity contribution < 1.29 is 9.59 Å². The van der Waals surface area contributed by atoms with E-state index in [1.54, 1.807) is 0 Å². The lowest BCUT2D eigenvalue weighted by atomic mass is 10.9. The Bertz CT molecular complexity index is 106. The monoisotopic (exact) mass is 176 g/mol. The molecular weight excluding hydrogens is 160 g/mol. The van der Waals surface area contributed by atoms with Gasteiger partial charge in [0.15, 0.2) is 16.6 Å². The topological polar surface area (TPSA) is 40.5 Å². The fourth-order valence-corrected chi connectivity index (χ4v) is 10.4. The molecule has 0 aliphatic carbocycles. The third-order valence-corrected chi connectivity index (χ3v) is 8.71. The molecule has 1 fully saturated rings. The van der Waals surface area contributed by atoms with Gasteiger partial charge in [-0.3, -0.25) is 0 Å². The minimum Gasteiger partial charge on any atom is -0.432 e. The molecule has 60 valence electrons. The molecule has 1 aliphatic heterocycles. The molecule has 0 bridgehead atoms. The molecule has 0 saturated carbocycles. The summed E-state index contributed by atoms with van der Waals surface area (Å²) in [6.07, 6.45) is 0. The zero-order valence-corrected chi connectivity index (χ0v) is 8.72. The van der Waals surface area contributed by atoms with E-state index in [4.69, 9.17) is 0 Å². The first-order chi connectivity index (χ1) is 4.41. The molecule has 0 amide bonds. The van der Waals surface area contributed by atoms with Crippen molar-refractivity contribution in [3.63, 3.8) is 0 Å². The molecule has 0 unspecified atom stereocenters. The molecular formula is C6H16O2Si2. The van der Waals surface area contributed by atoms with Gasteiger partial charge in [0.05, 0.1) is 0 Å². The van der Waals surface area contributed by atoms with Gasteiger partial charge in [0.2, 0.25) is 0 Å². The zero-order valence-electron chi connectivity index (χ0n) is 6.72. The quantitative estimate of drug-likeness (QED) is 0.543. The van der Waals surface area contributed by atoms with Crippen molar-refractivity contribution in [1.82, 2.24) is 0 Å². The summed E-state index contributed by atoms with van der Waals surface area (Å²) in [5, 5.41) is 0. The lowest BCUT2D eigenvalue weighted by Gasteiger charge is -2.33. The highest BCUT2D eigenvalue weighted by molar-refractivity contribution is 6.81. The number of rotatable bonds is 0. The summed E-state index contributed by atoms with van der Waals surface area (Å²) in [6.45, 7) is 3.99. The van der Waals surface area contributed by atoms with Crippen LogP contribution >= 0.6 is 0 Å². The molecule has 0 spiro atoms. The predicted octanol–water partition coefficient (Wildman–Crippen LogP) is 1.14. The Morgan fingerprint density at radius 3 is 1.20 bits per heavy atom. The average Bonchev–Trinajstić information content (AvgIpc) is 1.79. The average molecular weight is 176 g/mol. The van der Waals surface area contributed by atoms with Crippen LogP contribution < -0.4 is 0 Å². The lowest BCUT2D eigenvalue weighted by molar-refractivity contribution is 0.503. The van der Waals surface area contributed by atoms with Crippen LogP contribution in [0.5, 0.6) is 0 Å². The summed E-state index contributed by atoms with van der Waals surface area (Å²) in [7, 11) is -3.61. The zero-order chi connectivity index (χ0) is 7.83. The standard InChI is InChI=1S/C6H16O2Si2/c1-9(7)3-5-10(2,8)6-4-9/h7-8H,3-6H2,1-2H3. The van der Waals surface area contributed by atoms with Gasteiger partial charge in [-0.2, -0.15) is 0 Å². The van der Waals surface area contributed by atoms with Crippen molar-refractivity contribution in [2.24, 2.45) is 0 Å². The molecule has 1 aliphatic rings. The van der Waals surface area contributed by atoms with Crippen molar-refractivity contribution in [2.45, 2.75) is 37.3 Å². The first-order valence-corrected chi connectivity index (χ1v) is 9.58. The highest BCUT2D eigenvalue weighted by atomic mass is 28.4. The Morgan fingerprint density at radius 1 is 0.800 bits per heavy atom. The van der Waals surface area contributed by atoms with Gasteiger partial charge < -0.3 is 9.59 Å². The smallest absolute Gasteiger partial charge is 0.185 e. The summed E-state index contributed by atoms with van der Waals surface area (Å²) in [5.41, 5.74) is 0. The van der Waals surface area contributed by atoms with Gasteiger partial charge in [0.25, 0.3) is 0 Å². The minimum absolute atomic E-state index is 0.923. The molecule has 0 radical (unpaired) electrons. The van der Waals surface area contributed by atoms with Gasteiger partial charge >= 0.3 is 0 Å². The maximum Gasteiger partial charge on any atom is 0.185 e. The molecule has 0 atom stereocenters. The van der Waals surface area contributed by atoms with E-state index in [0.29, 0.717) is 0 Å². The Hall–Kier alpha value is 0.354. The molecule has 4 heteroatoms. The van der Waals surface area contributed by atoms with Crippen LogP contribution in [-0.4, -0.2) is 26.2 Å². The predicted molar refractivity (Wildman–Crippen MR) is 46.9 cm³/mol. The molecule has 10 heavy (non-hydrogen) atoms.